The molecule has 3 nitrogen and oxygen atoms in total. The van der Waals surface area contributed by atoms with Crippen LogP contribution < -0.4 is 0 Å². The van der Waals surface area contributed by atoms with Gasteiger partial charge in [0.15, 0.2) is 0 Å². The zero-order chi connectivity index (χ0) is 16.4. The molecular formula is C19H32N2O. The molecule has 0 N–H and O–H groups in total. The van der Waals surface area contributed by atoms with Crippen LogP contribution in [0.25, 0.3) is 6.08 Å². The molecule has 0 unspecified atom stereocenters. The molecule has 1 fully saturated rings. The SMILES string of the molecule is C/C=C\c1ncc(C)nc1CCC.CC(C)C1CCOCC1. The highest BCUT2D eigenvalue weighted by molar-refractivity contribution is 5.46. The van der Waals surface area contributed by atoms with Gasteiger partial charge >= 0.3 is 0 Å². The Morgan fingerprint density at radius 3 is 2.50 bits per heavy atom. The van der Waals surface area contributed by atoms with E-state index in [9.17, 15) is 0 Å². The van der Waals surface area contributed by atoms with Gasteiger partial charge in [-0.15, -0.1) is 0 Å². The number of aryl methyl sites for hydroxylation is 2. The number of rotatable bonds is 4. The molecule has 1 aromatic heterocycles. The largest absolute Gasteiger partial charge is 0.381 e. The van der Waals surface area contributed by atoms with Crippen LogP contribution in [0, 0.1) is 18.8 Å². The van der Waals surface area contributed by atoms with E-state index in [1.165, 1.54) is 12.8 Å². The molecule has 1 aliphatic rings. The summed E-state index contributed by atoms with van der Waals surface area (Å²) < 4.78 is 5.25. The van der Waals surface area contributed by atoms with Gasteiger partial charge in [-0.1, -0.05) is 33.3 Å². The maximum Gasteiger partial charge on any atom is 0.0841 e. The van der Waals surface area contributed by atoms with Crippen LogP contribution in [0.4, 0.5) is 0 Å². The van der Waals surface area contributed by atoms with E-state index in [1.807, 2.05) is 32.2 Å². The summed E-state index contributed by atoms with van der Waals surface area (Å²) in [6.45, 7) is 12.7. The first-order chi connectivity index (χ1) is 10.6. The summed E-state index contributed by atoms with van der Waals surface area (Å²) in [5, 5.41) is 0. The fourth-order valence-corrected chi connectivity index (χ4v) is 2.64. The Morgan fingerprint density at radius 2 is 2.00 bits per heavy atom. The second kappa shape index (κ2) is 10.5. The summed E-state index contributed by atoms with van der Waals surface area (Å²) in [7, 11) is 0. The number of allylic oxidation sites excluding steroid dienone is 1. The molecule has 0 atom stereocenters. The fourth-order valence-electron chi connectivity index (χ4n) is 2.64. The van der Waals surface area contributed by atoms with Gasteiger partial charge in [-0.3, -0.25) is 9.97 Å². The molecule has 0 bridgehead atoms. The molecular weight excluding hydrogens is 272 g/mol. The Hall–Kier alpha value is -1.22. The van der Waals surface area contributed by atoms with Crippen molar-refractivity contribution in [1.82, 2.24) is 9.97 Å². The third-order valence-corrected chi connectivity index (χ3v) is 4.02. The van der Waals surface area contributed by atoms with Crippen molar-refractivity contribution in [3.05, 3.63) is 29.4 Å². The number of hydrogen-bond acceptors (Lipinski definition) is 3. The minimum Gasteiger partial charge on any atom is -0.381 e. The van der Waals surface area contributed by atoms with Gasteiger partial charge in [0, 0.05) is 19.4 Å². The van der Waals surface area contributed by atoms with E-state index in [2.05, 4.69) is 30.7 Å². The lowest BCUT2D eigenvalue weighted by atomic mass is 9.89. The topological polar surface area (TPSA) is 35.0 Å². The third-order valence-electron chi connectivity index (χ3n) is 4.02. The highest BCUT2D eigenvalue weighted by Crippen LogP contribution is 2.22. The quantitative estimate of drug-likeness (QED) is 0.798. The van der Waals surface area contributed by atoms with Gasteiger partial charge in [-0.25, -0.2) is 0 Å². The van der Waals surface area contributed by atoms with E-state index in [1.54, 1.807) is 0 Å². The lowest BCUT2D eigenvalue weighted by Gasteiger charge is -2.24. The molecule has 1 saturated heterocycles. The Bertz CT molecular complexity index is 449. The van der Waals surface area contributed by atoms with Crippen molar-refractivity contribution >= 4 is 6.08 Å². The first kappa shape index (κ1) is 18.8. The number of ether oxygens (including phenoxy) is 1. The molecule has 0 aromatic carbocycles. The normalized spacial score (nSPS) is 15.9. The molecule has 3 heteroatoms. The minimum absolute atomic E-state index is 0.855. The third kappa shape index (κ3) is 6.69. The van der Waals surface area contributed by atoms with E-state index >= 15 is 0 Å². The van der Waals surface area contributed by atoms with Crippen LogP contribution in [0.15, 0.2) is 12.3 Å². The van der Waals surface area contributed by atoms with Crippen LogP contribution >= 0.6 is 0 Å². The van der Waals surface area contributed by atoms with Crippen LogP contribution in [-0.2, 0) is 11.2 Å². The fraction of sp³-hybridized carbons (Fsp3) is 0.684. The summed E-state index contributed by atoms with van der Waals surface area (Å²) in [6, 6.07) is 0. The van der Waals surface area contributed by atoms with Crippen LogP contribution in [0.1, 0.15) is 64.0 Å². The molecule has 124 valence electrons. The molecule has 2 rings (SSSR count). The summed E-state index contributed by atoms with van der Waals surface area (Å²) in [5.74, 6) is 1.78. The summed E-state index contributed by atoms with van der Waals surface area (Å²) >= 11 is 0. The minimum atomic E-state index is 0.855. The van der Waals surface area contributed by atoms with E-state index < -0.39 is 0 Å². The Morgan fingerprint density at radius 1 is 1.32 bits per heavy atom. The standard InChI is InChI=1S/C11H16N2.C8H16O/c1-4-6-10-11(7-5-2)13-9(3)8-12-10;1-7(2)8-3-5-9-6-4-8/h4,6,8H,5,7H2,1-3H3;7-8H,3-6H2,1-2H3/b6-4-;. The van der Waals surface area contributed by atoms with Gasteiger partial charge in [0.1, 0.15) is 0 Å². The lowest BCUT2D eigenvalue weighted by molar-refractivity contribution is 0.0523. The van der Waals surface area contributed by atoms with Gasteiger partial charge in [-0.05, 0) is 51.0 Å². The molecule has 0 amide bonds. The Labute approximate surface area is 136 Å². The van der Waals surface area contributed by atoms with Crippen LogP contribution in [0.2, 0.25) is 0 Å². The number of aromatic nitrogens is 2. The van der Waals surface area contributed by atoms with E-state index in [0.717, 1.165) is 55.0 Å². The van der Waals surface area contributed by atoms with Crippen LogP contribution in [0.5, 0.6) is 0 Å². The van der Waals surface area contributed by atoms with E-state index in [4.69, 9.17) is 4.74 Å². The molecule has 22 heavy (non-hydrogen) atoms. The number of nitrogens with zero attached hydrogens (tertiary/aromatic N) is 2. The number of hydrogen-bond donors (Lipinski definition) is 0. The van der Waals surface area contributed by atoms with Crippen molar-refractivity contribution in [2.75, 3.05) is 13.2 Å². The highest BCUT2D eigenvalue weighted by Gasteiger charge is 2.16. The van der Waals surface area contributed by atoms with Gasteiger partial charge < -0.3 is 4.74 Å². The summed E-state index contributed by atoms with van der Waals surface area (Å²) in [4.78, 5) is 8.80. The van der Waals surface area contributed by atoms with E-state index in [-0.39, 0.29) is 0 Å². The van der Waals surface area contributed by atoms with Crippen molar-refractivity contribution in [2.45, 2.75) is 60.3 Å². The predicted octanol–water partition coefficient (Wildman–Crippen LogP) is 4.84. The lowest BCUT2D eigenvalue weighted by Crippen LogP contribution is -2.19. The second-order valence-electron chi connectivity index (χ2n) is 6.29. The van der Waals surface area contributed by atoms with Gasteiger partial charge in [0.25, 0.3) is 0 Å². The molecule has 0 spiro atoms. The van der Waals surface area contributed by atoms with Crippen molar-refractivity contribution in [1.29, 1.82) is 0 Å². The van der Waals surface area contributed by atoms with Gasteiger partial charge in [0.05, 0.1) is 17.1 Å². The van der Waals surface area contributed by atoms with Crippen LogP contribution in [-0.4, -0.2) is 23.2 Å². The molecule has 0 radical (unpaired) electrons. The summed E-state index contributed by atoms with van der Waals surface area (Å²) in [6.07, 6.45) is 10.5. The highest BCUT2D eigenvalue weighted by atomic mass is 16.5. The predicted molar refractivity (Wildman–Crippen MR) is 93.9 cm³/mol. The molecule has 1 aromatic rings. The van der Waals surface area contributed by atoms with Gasteiger partial charge in [0.2, 0.25) is 0 Å². The Balaban J connectivity index is 0.000000235. The molecule has 1 aliphatic heterocycles. The Kier molecular flexibility index (Phi) is 8.98. The molecule has 0 aliphatic carbocycles. The first-order valence-corrected chi connectivity index (χ1v) is 8.61. The smallest absolute Gasteiger partial charge is 0.0841 e. The van der Waals surface area contributed by atoms with Crippen molar-refractivity contribution in [3.63, 3.8) is 0 Å². The zero-order valence-electron chi connectivity index (χ0n) is 14.9. The van der Waals surface area contributed by atoms with Crippen molar-refractivity contribution < 1.29 is 4.74 Å². The summed E-state index contributed by atoms with van der Waals surface area (Å²) in [5.41, 5.74) is 3.12. The average molecular weight is 304 g/mol. The molecule has 0 saturated carbocycles. The first-order valence-electron chi connectivity index (χ1n) is 8.61. The van der Waals surface area contributed by atoms with Gasteiger partial charge in [-0.2, -0.15) is 0 Å². The maximum absolute atomic E-state index is 5.25. The zero-order valence-corrected chi connectivity index (χ0v) is 14.9. The monoisotopic (exact) mass is 304 g/mol. The maximum atomic E-state index is 5.25. The van der Waals surface area contributed by atoms with Crippen molar-refractivity contribution in [2.24, 2.45) is 11.8 Å². The average Bonchev–Trinajstić information content (AvgIpc) is 2.52. The van der Waals surface area contributed by atoms with Crippen molar-refractivity contribution in [3.8, 4) is 0 Å². The molecule has 2 heterocycles. The van der Waals surface area contributed by atoms with E-state index in [0.29, 0.717) is 0 Å². The van der Waals surface area contributed by atoms with Crippen LogP contribution in [0.3, 0.4) is 0 Å². The second-order valence-corrected chi connectivity index (χ2v) is 6.29.